The summed E-state index contributed by atoms with van der Waals surface area (Å²) in [5.74, 6) is -0.629. The van der Waals surface area contributed by atoms with Gasteiger partial charge in [0.2, 0.25) is 0 Å². The van der Waals surface area contributed by atoms with Crippen LogP contribution in [0.2, 0.25) is 0 Å². The number of hydrogen-bond donors (Lipinski definition) is 2. The summed E-state index contributed by atoms with van der Waals surface area (Å²) in [6.45, 7) is 2.14. The largest absolute Gasteiger partial charge is 0.733 e. The van der Waals surface area contributed by atoms with E-state index in [1.165, 1.54) is 6.07 Å². The number of dihydropyridines is 1. The molecule has 0 spiro atoms. The highest BCUT2D eigenvalue weighted by Crippen LogP contribution is 2.36. The lowest BCUT2D eigenvalue weighted by atomic mass is 9.87. The zero-order valence-electron chi connectivity index (χ0n) is 10.8. The molecule has 0 bridgehead atoms. The zero-order valence-corrected chi connectivity index (χ0v) is 10.8. The summed E-state index contributed by atoms with van der Waals surface area (Å²) in [4.78, 5) is 11.8. The Labute approximate surface area is 115 Å². The lowest BCUT2D eigenvalue weighted by molar-refractivity contribution is -0.136. The van der Waals surface area contributed by atoms with Gasteiger partial charge in [-0.1, -0.05) is 18.2 Å². The maximum atomic E-state index is 11.8. The first-order valence-corrected chi connectivity index (χ1v) is 6.18. The van der Waals surface area contributed by atoms with Gasteiger partial charge in [0.15, 0.2) is 0 Å². The van der Waals surface area contributed by atoms with Crippen molar-refractivity contribution in [2.75, 3.05) is 11.8 Å². The fraction of sp³-hybridized carbons (Fsp3) is 0.214. The second-order valence-corrected chi connectivity index (χ2v) is 4.79. The minimum absolute atomic E-state index is 0.126. The van der Waals surface area contributed by atoms with Crippen molar-refractivity contribution in [3.63, 3.8) is 0 Å². The summed E-state index contributed by atoms with van der Waals surface area (Å²) in [6, 6.07) is 6.53. The van der Waals surface area contributed by atoms with Crippen LogP contribution >= 0.6 is 0 Å². The zero-order chi connectivity index (χ0) is 14.3. The third kappa shape index (κ3) is 2.04. The summed E-state index contributed by atoms with van der Waals surface area (Å²) >= 11 is 0. The van der Waals surface area contributed by atoms with Gasteiger partial charge in [-0.05, 0) is 24.6 Å². The van der Waals surface area contributed by atoms with Crippen LogP contribution in [0.25, 0.3) is 0 Å². The Morgan fingerprint density at radius 1 is 1.50 bits per heavy atom. The molecule has 1 aromatic carbocycles. The summed E-state index contributed by atoms with van der Waals surface area (Å²) in [5, 5.41) is 22.9. The van der Waals surface area contributed by atoms with Crippen LogP contribution < -0.4 is 10.5 Å². The van der Waals surface area contributed by atoms with Crippen LogP contribution in [0, 0.1) is 5.21 Å². The summed E-state index contributed by atoms with van der Waals surface area (Å²) in [7, 11) is 0. The van der Waals surface area contributed by atoms with Crippen LogP contribution in [0.1, 0.15) is 18.4 Å². The lowest BCUT2D eigenvalue weighted by Crippen LogP contribution is -2.21. The number of nitrogens with one attached hydrogen (secondary N) is 1. The molecule has 2 N–H and O–H groups in total. The molecule has 6 nitrogen and oxygen atoms in total. The Morgan fingerprint density at radius 3 is 3.05 bits per heavy atom. The van der Waals surface area contributed by atoms with Crippen molar-refractivity contribution < 1.29 is 14.7 Å². The molecular formula is C14H13N2O4-. The standard InChI is InChI=1S/C14H13N2O4/c1-8-5-11(13-12(15-8)7-20-14(13)17)9-3-2-4-10(6-9)16(18)19/h2-6,11,15,18H,7H2,1H3/q-1/t11-/m1/s1. The second-order valence-electron chi connectivity index (χ2n) is 4.79. The third-order valence-electron chi connectivity index (χ3n) is 3.42. The van der Waals surface area contributed by atoms with E-state index in [0.717, 1.165) is 17.0 Å². The molecule has 1 aromatic rings. The molecule has 0 radical (unpaired) electrons. The van der Waals surface area contributed by atoms with Gasteiger partial charge in [-0.15, -0.1) is 0 Å². The first kappa shape index (κ1) is 12.7. The monoisotopic (exact) mass is 273 g/mol. The number of cyclic esters (lactones) is 1. The normalized spacial score (nSPS) is 21.1. The molecule has 0 unspecified atom stereocenters. The van der Waals surface area contributed by atoms with E-state index in [9.17, 15) is 10.0 Å². The van der Waals surface area contributed by atoms with Gasteiger partial charge in [0.25, 0.3) is 0 Å². The van der Waals surface area contributed by atoms with E-state index < -0.39 is 0 Å². The average Bonchev–Trinajstić information content (AvgIpc) is 2.79. The molecule has 1 atom stereocenters. The number of benzene rings is 1. The number of carbonyl (C=O) groups is 1. The van der Waals surface area contributed by atoms with Crippen LogP contribution in [0.5, 0.6) is 0 Å². The topological polar surface area (TPSA) is 84.9 Å². The number of carbonyl (C=O) groups excluding carboxylic acids is 1. The number of allylic oxidation sites excluding steroid dienone is 2. The highest BCUT2D eigenvalue weighted by atomic mass is 16.8. The Morgan fingerprint density at radius 2 is 2.30 bits per heavy atom. The van der Waals surface area contributed by atoms with E-state index in [2.05, 4.69) is 5.32 Å². The summed E-state index contributed by atoms with van der Waals surface area (Å²) in [6.07, 6.45) is 1.90. The van der Waals surface area contributed by atoms with Crippen LogP contribution in [-0.2, 0) is 9.53 Å². The third-order valence-corrected chi connectivity index (χ3v) is 3.42. The van der Waals surface area contributed by atoms with Crippen LogP contribution in [-0.4, -0.2) is 17.8 Å². The van der Waals surface area contributed by atoms with Crippen LogP contribution in [0.3, 0.4) is 0 Å². The maximum Gasteiger partial charge on any atom is 0.337 e. The van der Waals surface area contributed by atoms with E-state index in [1.807, 2.05) is 19.1 Å². The van der Waals surface area contributed by atoms with E-state index in [1.54, 1.807) is 12.1 Å². The van der Waals surface area contributed by atoms with Gasteiger partial charge in [0.05, 0.1) is 17.0 Å². The van der Waals surface area contributed by atoms with E-state index in [-0.39, 0.29) is 29.4 Å². The first-order chi connectivity index (χ1) is 9.56. The van der Waals surface area contributed by atoms with E-state index >= 15 is 0 Å². The Hall–Kier alpha value is -2.31. The molecule has 0 saturated carbocycles. The van der Waals surface area contributed by atoms with Gasteiger partial charge in [-0.3, -0.25) is 5.21 Å². The molecule has 2 aliphatic heterocycles. The fourth-order valence-electron chi connectivity index (χ4n) is 2.55. The predicted molar refractivity (Wildman–Crippen MR) is 71.7 cm³/mol. The van der Waals surface area contributed by atoms with Crippen LogP contribution in [0.4, 0.5) is 5.69 Å². The van der Waals surface area contributed by atoms with Gasteiger partial charge < -0.3 is 20.5 Å². The molecule has 0 saturated heterocycles. The van der Waals surface area contributed by atoms with Crippen LogP contribution in [0.15, 0.2) is 47.3 Å². The van der Waals surface area contributed by atoms with Crippen molar-refractivity contribution in [3.8, 4) is 0 Å². The Balaban J connectivity index is 2.05. The van der Waals surface area contributed by atoms with Crippen molar-refractivity contribution in [1.29, 1.82) is 0 Å². The smallest absolute Gasteiger partial charge is 0.337 e. The minimum Gasteiger partial charge on any atom is -0.733 e. The lowest BCUT2D eigenvalue weighted by Gasteiger charge is -2.25. The average molecular weight is 273 g/mol. The van der Waals surface area contributed by atoms with Crippen molar-refractivity contribution in [2.45, 2.75) is 12.8 Å². The summed E-state index contributed by atoms with van der Waals surface area (Å²) < 4.78 is 5.05. The molecule has 0 fully saturated rings. The minimum atomic E-state index is -0.352. The number of nitrogens with zero attached hydrogens (tertiary/aromatic N) is 1. The van der Waals surface area contributed by atoms with Gasteiger partial charge in [0, 0.05) is 11.6 Å². The number of anilines is 1. The molecule has 0 aliphatic carbocycles. The molecule has 3 rings (SSSR count). The van der Waals surface area contributed by atoms with Gasteiger partial charge in [-0.25, -0.2) is 4.79 Å². The Bertz CT molecular complexity index is 634. The molecule has 0 aromatic heterocycles. The Kier molecular flexibility index (Phi) is 2.96. The molecule has 2 heterocycles. The van der Waals surface area contributed by atoms with Crippen molar-refractivity contribution in [1.82, 2.24) is 5.32 Å². The molecular weight excluding hydrogens is 260 g/mol. The molecule has 20 heavy (non-hydrogen) atoms. The second kappa shape index (κ2) is 4.66. The molecule has 0 amide bonds. The van der Waals surface area contributed by atoms with Gasteiger partial charge in [0.1, 0.15) is 6.61 Å². The van der Waals surface area contributed by atoms with Gasteiger partial charge >= 0.3 is 5.97 Å². The predicted octanol–water partition coefficient (Wildman–Crippen LogP) is 1.78. The number of hydrogen-bond acceptors (Lipinski definition) is 6. The van der Waals surface area contributed by atoms with E-state index in [4.69, 9.17) is 9.94 Å². The fourth-order valence-corrected chi connectivity index (χ4v) is 2.55. The summed E-state index contributed by atoms with van der Waals surface area (Å²) in [5.41, 5.74) is 3.11. The number of rotatable bonds is 2. The van der Waals surface area contributed by atoms with Crippen molar-refractivity contribution in [3.05, 3.63) is 58.1 Å². The highest BCUT2D eigenvalue weighted by Gasteiger charge is 2.34. The van der Waals surface area contributed by atoms with Crippen molar-refractivity contribution >= 4 is 11.7 Å². The number of ether oxygens (including phenoxy) is 1. The molecule has 2 aliphatic rings. The van der Waals surface area contributed by atoms with E-state index in [0.29, 0.717) is 5.57 Å². The van der Waals surface area contributed by atoms with Gasteiger partial charge in [-0.2, -0.15) is 0 Å². The SMILES string of the molecule is CC1=C[C@H](c2cccc(N([O-])O)c2)C2=C(COC2=O)N1. The molecule has 6 heteroatoms. The first-order valence-electron chi connectivity index (χ1n) is 6.18. The quantitative estimate of drug-likeness (QED) is 0.631. The van der Waals surface area contributed by atoms with Crippen molar-refractivity contribution in [2.24, 2.45) is 0 Å². The molecule has 104 valence electrons. The maximum absolute atomic E-state index is 11.8. The highest BCUT2D eigenvalue weighted by molar-refractivity contribution is 5.94. The number of esters is 1.